The lowest BCUT2D eigenvalue weighted by molar-refractivity contribution is 0.624. The van der Waals surface area contributed by atoms with Gasteiger partial charge in [-0.05, 0) is 48.7 Å². The van der Waals surface area contributed by atoms with Crippen LogP contribution in [0.2, 0.25) is 0 Å². The smallest absolute Gasteiger partial charge is 0.123 e. The third-order valence-corrected chi connectivity index (χ3v) is 2.91. The molecular weight excluding hydrogens is 215 g/mol. The van der Waals surface area contributed by atoms with Crippen LogP contribution in [-0.2, 0) is 0 Å². The fraction of sp³-hybridized carbons (Fsp3) is 0.214. The number of halogens is 1. The van der Waals surface area contributed by atoms with Crippen molar-refractivity contribution in [2.45, 2.75) is 19.9 Å². The highest BCUT2D eigenvalue weighted by Crippen LogP contribution is 2.23. The van der Waals surface area contributed by atoms with Gasteiger partial charge in [-0.25, -0.2) is 4.39 Å². The first-order valence-electron chi connectivity index (χ1n) is 5.52. The Hall–Kier alpha value is -1.74. The molecule has 0 amide bonds. The van der Waals surface area contributed by atoms with Gasteiger partial charge >= 0.3 is 0 Å². The average molecular weight is 230 g/mol. The van der Waals surface area contributed by atoms with Crippen LogP contribution in [-0.4, -0.2) is 4.98 Å². The molecule has 1 unspecified atom stereocenters. The molecule has 2 rings (SSSR count). The lowest BCUT2D eigenvalue weighted by Gasteiger charge is -2.16. The Morgan fingerprint density at radius 3 is 2.59 bits per heavy atom. The highest BCUT2D eigenvalue weighted by atomic mass is 19.1. The molecule has 0 radical (unpaired) electrons. The molecule has 0 fully saturated rings. The van der Waals surface area contributed by atoms with Crippen molar-refractivity contribution < 1.29 is 4.39 Å². The third-order valence-electron chi connectivity index (χ3n) is 2.91. The van der Waals surface area contributed by atoms with Crippen LogP contribution < -0.4 is 5.73 Å². The molecule has 1 heterocycles. The zero-order chi connectivity index (χ0) is 12.4. The standard InChI is InChI=1S/C14H15FN2/c1-9-4-3-7-17-14(9)13(16)12-6-5-11(15)8-10(12)2/h3-8,13H,16H2,1-2H3. The number of nitrogens with two attached hydrogens (primary N) is 1. The SMILES string of the molecule is Cc1cc(F)ccc1C(N)c1ncccc1C. The van der Waals surface area contributed by atoms with Crippen molar-refractivity contribution in [3.63, 3.8) is 0 Å². The number of pyridine rings is 1. The van der Waals surface area contributed by atoms with Crippen LogP contribution in [0.4, 0.5) is 4.39 Å². The number of rotatable bonds is 2. The summed E-state index contributed by atoms with van der Waals surface area (Å²) in [5.74, 6) is -0.240. The van der Waals surface area contributed by atoms with Crippen molar-refractivity contribution in [2.75, 3.05) is 0 Å². The van der Waals surface area contributed by atoms with Crippen LogP contribution in [0.5, 0.6) is 0 Å². The summed E-state index contributed by atoms with van der Waals surface area (Å²) in [7, 11) is 0. The van der Waals surface area contributed by atoms with Gasteiger partial charge in [0.25, 0.3) is 0 Å². The quantitative estimate of drug-likeness (QED) is 0.861. The van der Waals surface area contributed by atoms with Gasteiger partial charge in [0.05, 0.1) is 11.7 Å². The molecule has 2 nitrogen and oxygen atoms in total. The molecule has 2 N–H and O–H groups in total. The van der Waals surface area contributed by atoms with Gasteiger partial charge in [-0.15, -0.1) is 0 Å². The summed E-state index contributed by atoms with van der Waals surface area (Å²) in [6.45, 7) is 3.83. The Bertz CT molecular complexity index is 537. The number of aromatic nitrogens is 1. The molecule has 0 saturated carbocycles. The van der Waals surface area contributed by atoms with E-state index in [0.717, 1.165) is 22.4 Å². The van der Waals surface area contributed by atoms with Gasteiger partial charge in [0.2, 0.25) is 0 Å². The Kier molecular flexibility index (Phi) is 3.20. The molecule has 0 spiro atoms. The molecule has 2 aromatic rings. The summed E-state index contributed by atoms with van der Waals surface area (Å²) in [5.41, 5.74) is 9.82. The van der Waals surface area contributed by atoms with E-state index in [1.54, 1.807) is 12.3 Å². The minimum absolute atomic E-state index is 0.240. The van der Waals surface area contributed by atoms with Crippen LogP contribution in [0.15, 0.2) is 36.5 Å². The van der Waals surface area contributed by atoms with E-state index in [4.69, 9.17) is 5.73 Å². The van der Waals surface area contributed by atoms with Crippen LogP contribution in [0.1, 0.15) is 28.4 Å². The van der Waals surface area contributed by atoms with Gasteiger partial charge < -0.3 is 5.73 Å². The van der Waals surface area contributed by atoms with Crippen molar-refractivity contribution in [1.29, 1.82) is 0 Å². The fourth-order valence-electron chi connectivity index (χ4n) is 1.96. The van der Waals surface area contributed by atoms with E-state index in [9.17, 15) is 4.39 Å². The lowest BCUT2D eigenvalue weighted by atomic mass is 9.97. The molecule has 3 heteroatoms. The van der Waals surface area contributed by atoms with E-state index >= 15 is 0 Å². The largest absolute Gasteiger partial charge is 0.319 e. The van der Waals surface area contributed by atoms with E-state index in [0.29, 0.717) is 0 Å². The predicted molar refractivity (Wildman–Crippen MR) is 66.1 cm³/mol. The summed E-state index contributed by atoms with van der Waals surface area (Å²) in [4.78, 5) is 4.30. The molecule has 0 aliphatic carbocycles. The Labute approximate surface area is 100 Å². The van der Waals surface area contributed by atoms with Gasteiger partial charge in [0, 0.05) is 6.20 Å². The maximum atomic E-state index is 13.0. The highest BCUT2D eigenvalue weighted by Gasteiger charge is 2.14. The van der Waals surface area contributed by atoms with E-state index in [1.807, 2.05) is 26.0 Å². The summed E-state index contributed by atoms with van der Waals surface area (Å²) in [5, 5.41) is 0. The Balaban J connectivity index is 2.44. The van der Waals surface area contributed by atoms with Crippen LogP contribution >= 0.6 is 0 Å². The average Bonchev–Trinajstić information content (AvgIpc) is 2.29. The number of hydrogen-bond donors (Lipinski definition) is 1. The molecule has 0 saturated heterocycles. The van der Waals surface area contributed by atoms with E-state index < -0.39 is 0 Å². The number of benzene rings is 1. The molecule has 1 aromatic carbocycles. The normalized spacial score (nSPS) is 12.5. The fourth-order valence-corrected chi connectivity index (χ4v) is 1.96. The third kappa shape index (κ3) is 2.34. The molecule has 1 aromatic heterocycles. The van der Waals surface area contributed by atoms with Crippen molar-refractivity contribution in [3.05, 3.63) is 64.7 Å². The molecule has 88 valence electrons. The van der Waals surface area contributed by atoms with E-state index in [2.05, 4.69) is 4.98 Å². The van der Waals surface area contributed by atoms with Crippen molar-refractivity contribution >= 4 is 0 Å². The maximum absolute atomic E-state index is 13.0. The highest BCUT2D eigenvalue weighted by molar-refractivity contribution is 5.36. The van der Waals surface area contributed by atoms with Gasteiger partial charge in [0.15, 0.2) is 0 Å². The minimum Gasteiger partial charge on any atom is -0.319 e. The number of hydrogen-bond acceptors (Lipinski definition) is 2. The molecule has 1 atom stereocenters. The van der Waals surface area contributed by atoms with Gasteiger partial charge in [0.1, 0.15) is 5.82 Å². The van der Waals surface area contributed by atoms with E-state index in [-0.39, 0.29) is 11.9 Å². The number of aryl methyl sites for hydroxylation is 2. The second-order valence-electron chi connectivity index (χ2n) is 4.18. The molecule has 0 aliphatic rings. The monoisotopic (exact) mass is 230 g/mol. The summed E-state index contributed by atoms with van der Waals surface area (Å²) >= 11 is 0. The summed E-state index contributed by atoms with van der Waals surface area (Å²) < 4.78 is 13.0. The maximum Gasteiger partial charge on any atom is 0.123 e. The summed E-state index contributed by atoms with van der Waals surface area (Å²) in [6.07, 6.45) is 1.72. The van der Waals surface area contributed by atoms with Gasteiger partial charge in [-0.1, -0.05) is 12.1 Å². The number of nitrogens with zero attached hydrogens (tertiary/aromatic N) is 1. The lowest BCUT2D eigenvalue weighted by Crippen LogP contribution is -2.16. The predicted octanol–water partition coefficient (Wildman–Crippen LogP) is 2.89. The molecule has 17 heavy (non-hydrogen) atoms. The van der Waals surface area contributed by atoms with Crippen molar-refractivity contribution in [1.82, 2.24) is 4.98 Å². The zero-order valence-electron chi connectivity index (χ0n) is 9.94. The topological polar surface area (TPSA) is 38.9 Å². The van der Waals surface area contributed by atoms with Crippen LogP contribution in [0.3, 0.4) is 0 Å². The molecule has 0 bridgehead atoms. The molecular formula is C14H15FN2. The van der Waals surface area contributed by atoms with Crippen LogP contribution in [0.25, 0.3) is 0 Å². The van der Waals surface area contributed by atoms with Crippen molar-refractivity contribution in [3.8, 4) is 0 Å². The molecule has 0 aliphatic heterocycles. The first-order valence-corrected chi connectivity index (χ1v) is 5.52. The summed E-state index contributed by atoms with van der Waals surface area (Å²) in [6, 6.07) is 8.19. The Morgan fingerprint density at radius 2 is 1.94 bits per heavy atom. The minimum atomic E-state index is -0.309. The second-order valence-corrected chi connectivity index (χ2v) is 4.18. The zero-order valence-corrected chi connectivity index (χ0v) is 9.94. The second kappa shape index (κ2) is 4.63. The van der Waals surface area contributed by atoms with Gasteiger partial charge in [-0.2, -0.15) is 0 Å². The first-order chi connectivity index (χ1) is 8.09. The van der Waals surface area contributed by atoms with Crippen molar-refractivity contribution in [2.24, 2.45) is 5.73 Å². The van der Waals surface area contributed by atoms with Crippen LogP contribution in [0, 0.1) is 19.7 Å². The van der Waals surface area contributed by atoms with E-state index in [1.165, 1.54) is 12.1 Å². The Morgan fingerprint density at radius 1 is 1.18 bits per heavy atom. The van der Waals surface area contributed by atoms with Gasteiger partial charge in [-0.3, -0.25) is 4.98 Å². The first kappa shape index (κ1) is 11.7.